The van der Waals surface area contributed by atoms with Crippen molar-refractivity contribution in [3.8, 4) is 0 Å². The molecular formula is C13H10ClN3O2. The fraction of sp³-hybridized carbons (Fsp3) is 0.0769. The molecule has 0 radical (unpaired) electrons. The van der Waals surface area contributed by atoms with E-state index in [0.29, 0.717) is 11.7 Å². The maximum absolute atomic E-state index is 10.5. The van der Waals surface area contributed by atoms with Gasteiger partial charge in [-0.1, -0.05) is 23.7 Å². The van der Waals surface area contributed by atoms with Crippen LogP contribution in [0.2, 0.25) is 0 Å². The molecule has 0 aliphatic carbocycles. The van der Waals surface area contributed by atoms with E-state index in [0.717, 1.165) is 11.1 Å². The Morgan fingerprint density at radius 1 is 1.21 bits per heavy atom. The first-order valence-electron chi connectivity index (χ1n) is 5.50. The monoisotopic (exact) mass is 275 g/mol. The Kier molecular flexibility index (Phi) is 4.20. The zero-order valence-electron chi connectivity index (χ0n) is 9.86. The van der Waals surface area contributed by atoms with E-state index >= 15 is 0 Å². The van der Waals surface area contributed by atoms with E-state index < -0.39 is 4.92 Å². The number of rotatable bonds is 4. The van der Waals surface area contributed by atoms with Gasteiger partial charge in [0.2, 0.25) is 0 Å². The molecule has 5 nitrogen and oxygen atoms in total. The zero-order chi connectivity index (χ0) is 13.7. The first kappa shape index (κ1) is 13.2. The van der Waals surface area contributed by atoms with Gasteiger partial charge in [-0.2, -0.15) is 0 Å². The molecule has 0 unspecified atom stereocenters. The van der Waals surface area contributed by atoms with Crippen molar-refractivity contribution in [3.05, 3.63) is 70.0 Å². The molecule has 0 spiro atoms. The summed E-state index contributed by atoms with van der Waals surface area (Å²) < 4.78 is 0. The molecule has 0 saturated carbocycles. The average molecular weight is 276 g/mol. The van der Waals surface area contributed by atoms with Gasteiger partial charge in [0.15, 0.2) is 0 Å². The predicted molar refractivity (Wildman–Crippen MR) is 73.4 cm³/mol. The summed E-state index contributed by atoms with van der Waals surface area (Å²) >= 11 is 6.05. The van der Waals surface area contributed by atoms with Crippen molar-refractivity contribution in [2.45, 2.75) is 6.54 Å². The SMILES string of the molecule is O=[N+]([O-])c1ccc(CN=C(Cl)c2ccncc2)cc1. The summed E-state index contributed by atoms with van der Waals surface area (Å²) in [5.41, 5.74) is 1.71. The largest absolute Gasteiger partial charge is 0.269 e. The van der Waals surface area contributed by atoms with Crippen LogP contribution in [0.3, 0.4) is 0 Å². The van der Waals surface area contributed by atoms with Gasteiger partial charge in [0.1, 0.15) is 5.17 Å². The molecule has 0 fully saturated rings. The summed E-state index contributed by atoms with van der Waals surface area (Å²) in [5.74, 6) is 0. The summed E-state index contributed by atoms with van der Waals surface area (Å²) in [4.78, 5) is 18.2. The molecule has 96 valence electrons. The van der Waals surface area contributed by atoms with Crippen molar-refractivity contribution >= 4 is 22.5 Å². The zero-order valence-corrected chi connectivity index (χ0v) is 10.6. The highest BCUT2D eigenvalue weighted by molar-refractivity contribution is 6.69. The van der Waals surface area contributed by atoms with E-state index in [1.54, 1.807) is 36.7 Å². The number of hydrogen-bond donors (Lipinski definition) is 0. The minimum absolute atomic E-state index is 0.0629. The molecule has 1 heterocycles. The van der Waals surface area contributed by atoms with Gasteiger partial charge >= 0.3 is 0 Å². The van der Waals surface area contributed by atoms with E-state index in [1.165, 1.54) is 12.1 Å². The molecule has 19 heavy (non-hydrogen) atoms. The number of hydrogen-bond acceptors (Lipinski definition) is 4. The van der Waals surface area contributed by atoms with Crippen LogP contribution >= 0.6 is 11.6 Å². The molecule has 2 rings (SSSR count). The second-order valence-corrected chi connectivity index (χ2v) is 4.12. The third-order valence-electron chi connectivity index (χ3n) is 2.47. The molecule has 0 saturated heterocycles. The van der Waals surface area contributed by atoms with E-state index in [1.807, 2.05) is 0 Å². The van der Waals surface area contributed by atoms with Crippen LogP contribution in [0.25, 0.3) is 0 Å². The Morgan fingerprint density at radius 3 is 2.42 bits per heavy atom. The fourth-order valence-electron chi connectivity index (χ4n) is 1.46. The van der Waals surface area contributed by atoms with Crippen LogP contribution in [-0.2, 0) is 6.54 Å². The molecule has 0 bridgehead atoms. The lowest BCUT2D eigenvalue weighted by Crippen LogP contribution is -1.93. The van der Waals surface area contributed by atoms with Crippen molar-refractivity contribution in [2.75, 3.05) is 0 Å². The van der Waals surface area contributed by atoms with E-state index in [-0.39, 0.29) is 5.69 Å². The van der Waals surface area contributed by atoms with E-state index in [2.05, 4.69) is 9.98 Å². The Balaban J connectivity index is 2.08. The summed E-state index contributed by atoms with van der Waals surface area (Å²) in [6, 6.07) is 9.76. The normalized spacial score (nSPS) is 11.3. The average Bonchev–Trinajstić information content (AvgIpc) is 2.46. The highest BCUT2D eigenvalue weighted by Gasteiger charge is 2.04. The molecular weight excluding hydrogens is 266 g/mol. The molecule has 6 heteroatoms. The standard InChI is InChI=1S/C13H10ClN3O2/c14-13(11-5-7-15-8-6-11)16-9-10-1-3-12(4-2-10)17(18)19/h1-8H,9H2. The Morgan fingerprint density at radius 2 is 1.84 bits per heavy atom. The van der Waals surface area contributed by atoms with Crippen molar-refractivity contribution in [1.82, 2.24) is 4.98 Å². The Labute approximate surface area is 114 Å². The Hall–Kier alpha value is -2.27. The minimum atomic E-state index is -0.434. The van der Waals surface area contributed by atoms with Gasteiger partial charge in [0.25, 0.3) is 5.69 Å². The summed E-state index contributed by atoms with van der Waals surface area (Å²) in [6.07, 6.45) is 3.28. The van der Waals surface area contributed by atoms with E-state index in [4.69, 9.17) is 11.6 Å². The Bertz CT molecular complexity index is 597. The van der Waals surface area contributed by atoms with Gasteiger partial charge in [-0.3, -0.25) is 20.1 Å². The number of aromatic nitrogens is 1. The van der Waals surface area contributed by atoms with Gasteiger partial charge in [-0.15, -0.1) is 0 Å². The van der Waals surface area contributed by atoms with Gasteiger partial charge in [-0.25, -0.2) is 0 Å². The second-order valence-electron chi connectivity index (χ2n) is 3.77. The van der Waals surface area contributed by atoms with Gasteiger partial charge in [-0.05, 0) is 17.7 Å². The molecule has 0 aliphatic heterocycles. The third kappa shape index (κ3) is 3.59. The first-order chi connectivity index (χ1) is 9.16. The number of nitro benzene ring substituents is 1. The molecule has 0 amide bonds. The van der Waals surface area contributed by atoms with Crippen LogP contribution in [0.5, 0.6) is 0 Å². The number of benzene rings is 1. The van der Waals surface area contributed by atoms with Crippen LogP contribution < -0.4 is 0 Å². The van der Waals surface area contributed by atoms with Gasteiger partial charge in [0.05, 0.1) is 11.5 Å². The summed E-state index contributed by atoms with van der Waals surface area (Å²) in [7, 11) is 0. The molecule has 0 aliphatic rings. The lowest BCUT2D eigenvalue weighted by molar-refractivity contribution is -0.384. The molecule has 2 aromatic rings. The number of pyridine rings is 1. The lowest BCUT2D eigenvalue weighted by atomic mass is 10.2. The number of halogens is 1. The smallest absolute Gasteiger partial charge is 0.268 e. The molecule has 1 aromatic carbocycles. The predicted octanol–water partition coefficient (Wildman–Crippen LogP) is 3.18. The highest BCUT2D eigenvalue weighted by atomic mass is 35.5. The second kappa shape index (κ2) is 6.06. The van der Waals surface area contributed by atoms with Crippen LogP contribution in [0.1, 0.15) is 11.1 Å². The van der Waals surface area contributed by atoms with Crippen molar-refractivity contribution in [3.63, 3.8) is 0 Å². The van der Waals surface area contributed by atoms with Crippen LogP contribution in [0, 0.1) is 10.1 Å². The highest BCUT2D eigenvalue weighted by Crippen LogP contribution is 2.13. The number of nitro groups is 1. The van der Waals surface area contributed by atoms with Crippen molar-refractivity contribution < 1.29 is 4.92 Å². The quantitative estimate of drug-likeness (QED) is 0.489. The van der Waals surface area contributed by atoms with Crippen molar-refractivity contribution in [2.24, 2.45) is 4.99 Å². The maximum atomic E-state index is 10.5. The summed E-state index contributed by atoms with van der Waals surface area (Å²) in [5, 5.41) is 10.9. The van der Waals surface area contributed by atoms with Crippen molar-refractivity contribution in [1.29, 1.82) is 0 Å². The molecule has 0 N–H and O–H groups in total. The van der Waals surface area contributed by atoms with Crippen LogP contribution in [-0.4, -0.2) is 15.1 Å². The topological polar surface area (TPSA) is 68.4 Å². The molecule has 0 atom stereocenters. The molecule has 1 aromatic heterocycles. The lowest BCUT2D eigenvalue weighted by Gasteiger charge is -1.99. The van der Waals surface area contributed by atoms with Gasteiger partial charge < -0.3 is 0 Å². The van der Waals surface area contributed by atoms with Crippen LogP contribution in [0.15, 0.2) is 53.8 Å². The number of non-ortho nitro benzene ring substituents is 1. The maximum Gasteiger partial charge on any atom is 0.269 e. The van der Waals surface area contributed by atoms with Crippen LogP contribution in [0.4, 0.5) is 5.69 Å². The van der Waals surface area contributed by atoms with Gasteiger partial charge in [0, 0.05) is 30.1 Å². The number of nitrogens with zero attached hydrogens (tertiary/aromatic N) is 3. The summed E-state index contributed by atoms with van der Waals surface area (Å²) in [6.45, 7) is 0.374. The number of aliphatic imine (C=N–C) groups is 1. The third-order valence-corrected chi connectivity index (χ3v) is 2.80. The minimum Gasteiger partial charge on any atom is -0.268 e. The fourth-order valence-corrected chi connectivity index (χ4v) is 1.65. The van der Waals surface area contributed by atoms with E-state index in [9.17, 15) is 10.1 Å². The first-order valence-corrected chi connectivity index (χ1v) is 5.88.